The summed E-state index contributed by atoms with van der Waals surface area (Å²) in [6.07, 6.45) is 3.06. The topological polar surface area (TPSA) is 126 Å². The van der Waals surface area contributed by atoms with Gasteiger partial charge in [0.2, 0.25) is 5.91 Å². The van der Waals surface area contributed by atoms with Gasteiger partial charge in [-0.3, -0.25) is 9.59 Å². The van der Waals surface area contributed by atoms with Gasteiger partial charge in [-0.05, 0) is 74.4 Å². The van der Waals surface area contributed by atoms with Crippen LogP contribution < -0.4 is 10.6 Å². The average Bonchev–Trinajstić information content (AvgIpc) is 3.61. The highest BCUT2D eigenvalue weighted by molar-refractivity contribution is 5.93. The third-order valence-electron chi connectivity index (χ3n) is 7.10. The van der Waals surface area contributed by atoms with Gasteiger partial charge >= 0.3 is 0 Å². The molecule has 200 valence electrons. The summed E-state index contributed by atoms with van der Waals surface area (Å²) in [5, 5.41) is 30.7. The third-order valence-corrected chi connectivity index (χ3v) is 7.10. The molecule has 1 saturated carbocycles. The van der Waals surface area contributed by atoms with E-state index in [9.17, 15) is 19.8 Å². The predicted octanol–water partition coefficient (Wildman–Crippen LogP) is 2.88. The Labute approximate surface area is 217 Å². The number of amides is 2. The molecule has 4 rings (SSSR count). The Morgan fingerprint density at radius 1 is 1.16 bits per heavy atom. The molecule has 1 aromatic carbocycles. The molecular formula is C28H38N4O5. The van der Waals surface area contributed by atoms with Crippen LogP contribution in [0.4, 0.5) is 0 Å². The fraction of sp³-hybridized carbons (Fsp3) is 0.536. The van der Waals surface area contributed by atoms with Crippen LogP contribution >= 0.6 is 0 Å². The Bertz CT molecular complexity index is 1150. The first-order valence-corrected chi connectivity index (χ1v) is 13.2. The van der Waals surface area contributed by atoms with Gasteiger partial charge in [-0.2, -0.15) is 5.10 Å². The summed E-state index contributed by atoms with van der Waals surface area (Å²) in [7, 11) is 0. The van der Waals surface area contributed by atoms with Crippen molar-refractivity contribution in [1.82, 2.24) is 20.4 Å². The molecule has 0 radical (unpaired) electrons. The van der Waals surface area contributed by atoms with Gasteiger partial charge in [0.1, 0.15) is 5.69 Å². The highest BCUT2D eigenvalue weighted by Crippen LogP contribution is 2.40. The molecule has 37 heavy (non-hydrogen) atoms. The van der Waals surface area contributed by atoms with E-state index in [0.29, 0.717) is 17.2 Å². The van der Waals surface area contributed by atoms with Gasteiger partial charge in [-0.15, -0.1) is 0 Å². The number of aliphatic hydroxyl groups excluding tert-OH is 1. The molecule has 0 unspecified atom stereocenters. The third kappa shape index (κ3) is 6.47. The quantitative estimate of drug-likeness (QED) is 0.288. The zero-order chi connectivity index (χ0) is 26.7. The molecule has 9 heteroatoms. The number of aromatic nitrogens is 2. The van der Waals surface area contributed by atoms with Crippen LogP contribution in [-0.4, -0.2) is 62.4 Å². The SMILES string of the molecule is CCC(CC)O[C@@H]1C=C(C(O)O)C[C@H](NC(=O)c2cc(C3CC3)nn2-c2cccc(C)c2)[C@H]1NC(C)=O. The van der Waals surface area contributed by atoms with E-state index in [2.05, 4.69) is 10.6 Å². The summed E-state index contributed by atoms with van der Waals surface area (Å²) in [5.41, 5.74) is 3.47. The highest BCUT2D eigenvalue weighted by atomic mass is 16.5. The van der Waals surface area contributed by atoms with E-state index < -0.39 is 24.5 Å². The number of hydrogen-bond donors (Lipinski definition) is 4. The van der Waals surface area contributed by atoms with Crippen LogP contribution in [0.5, 0.6) is 0 Å². The van der Waals surface area contributed by atoms with Crippen molar-refractivity contribution in [2.75, 3.05) is 0 Å². The second-order valence-corrected chi connectivity index (χ2v) is 10.1. The zero-order valence-electron chi connectivity index (χ0n) is 22.0. The first kappa shape index (κ1) is 27.0. The minimum atomic E-state index is -1.69. The normalized spacial score (nSPS) is 21.7. The minimum Gasteiger partial charge on any atom is -0.369 e. The van der Waals surface area contributed by atoms with Crippen molar-refractivity contribution in [3.8, 4) is 5.69 Å². The van der Waals surface area contributed by atoms with Crippen molar-refractivity contribution < 1.29 is 24.5 Å². The number of nitrogens with one attached hydrogen (secondary N) is 2. The van der Waals surface area contributed by atoms with Crippen LogP contribution in [-0.2, 0) is 9.53 Å². The molecule has 2 aliphatic carbocycles. The van der Waals surface area contributed by atoms with E-state index in [1.807, 2.05) is 51.1 Å². The van der Waals surface area contributed by atoms with Crippen LogP contribution in [0.15, 0.2) is 42.0 Å². The maximum absolute atomic E-state index is 13.7. The van der Waals surface area contributed by atoms with Gasteiger partial charge in [0.15, 0.2) is 6.29 Å². The lowest BCUT2D eigenvalue weighted by atomic mass is 9.87. The number of aliphatic hydroxyl groups is 2. The molecule has 0 saturated heterocycles. The van der Waals surface area contributed by atoms with Gasteiger partial charge in [0.25, 0.3) is 5.91 Å². The van der Waals surface area contributed by atoms with Gasteiger partial charge in [-0.1, -0.05) is 26.0 Å². The lowest BCUT2D eigenvalue weighted by Crippen LogP contribution is -2.59. The Balaban J connectivity index is 1.66. The maximum atomic E-state index is 13.7. The van der Waals surface area contributed by atoms with Crippen LogP contribution in [0.2, 0.25) is 0 Å². The Hall–Kier alpha value is -3.01. The number of ether oxygens (including phenoxy) is 1. The second-order valence-electron chi connectivity index (χ2n) is 10.1. The number of aryl methyl sites for hydroxylation is 1. The van der Waals surface area contributed by atoms with E-state index >= 15 is 0 Å². The molecule has 9 nitrogen and oxygen atoms in total. The molecule has 2 aromatic rings. The standard InChI is InChI=1S/C28H38N4O5/c1-5-21(6-2)37-25-14-19(28(35)36)13-23(26(25)29-17(4)33)30-27(34)24-15-22(18-10-11-18)31-32(24)20-9-7-8-16(3)12-20/h7-9,12,14-15,18,21,23,25-26,28,35-36H,5-6,10-11,13H2,1-4H3,(H,29,33)(H,30,34)/t23-,25+,26+/m0/s1. The molecule has 2 amide bonds. The summed E-state index contributed by atoms with van der Waals surface area (Å²) in [6.45, 7) is 7.43. The summed E-state index contributed by atoms with van der Waals surface area (Å²) in [5.74, 6) is -0.253. The smallest absolute Gasteiger partial charge is 0.270 e. The molecule has 3 atom stereocenters. The van der Waals surface area contributed by atoms with Crippen molar-refractivity contribution in [2.24, 2.45) is 0 Å². The summed E-state index contributed by atoms with van der Waals surface area (Å²) < 4.78 is 7.94. The number of benzene rings is 1. The van der Waals surface area contributed by atoms with Gasteiger partial charge < -0.3 is 25.6 Å². The summed E-state index contributed by atoms with van der Waals surface area (Å²) in [6, 6.07) is 8.44. The van der Waals surface area contributed by atoms with Crippen LogP contribution in [0, 0.1) is 6.92 Å². The van der Waals surface area contributed by atoms with Crippen molar-refractivity contribution in [2.45, 2.75) is 96.3 Å². The largest absolute Gasteiger partial charge is 0.369 e. The number of carbonyl (C=O) groups excluding carboxylic acids is 2. The van der Waals surface area contributed by atoms with Gasteiger partial charge in [0.05, 0.1) is 35.7 Å². The molecule has 4 N–H and O–H groups in total. The number of hydrogen-bond acceptors (Lipinski definition) is 6. The fourth-order valence-electron chi connectivity index (χ4n) is 4.91. The first-order chi connectivity index (χ1) is 17.7. The van der Waals surface area contributed by atoms with Gasteiger partial charge in [0, 0.05) is 12.8 Å². The predicted molar refractivity (Wildman–Crippen MR) is 139 cm³/mol. The molecule has 1 aromatic heterocycles. The summed E-state index contributed by atoms with van der Waals surface area (Å²) in [4.78, 5) is 25.9. The van der Waals surface area contributed by atoms with E-state index in [0.717, 1.165) is 42.6 Å². The Morgan fingerprint density at radius 2 is 1.89 bits per heavy atom. The Kier molecular flexibility index (Phi) is 8.46. The molecule has 0 bridgehead atoms. The van der Waals surface area contributed by atoms with Crippen LogP contribution in [0.25, 0.3) is 5.69 Å². The van der Waals surface area contributed by atoms with E-state index in [-0.39, 0.29) is 24.3 Å². The molecule has 2 aliphatic rings. The fourth-order valence-corrected chi connectivity index (χ4v) is 4.91. The van der Waals surface area contributed by atoms with E-state index in [1.54, 1.807) is 10.8 Å². The minimum absolute atomic E-state index is 0.0760. The number of carbonyl (C=O) groups is 2. The maximum Gasteiger partial charge on any atom is 0.270 e. The molecule has 0 aliphatic heterocycles. The van der Waals surface area contributed by atoms with Crippen molar-refractivity contribution >= 4 is 11.8 Å². The number of rotatable bonds is 10. The van der Waals surface area contributed by atoms with Crippen molar-refractivity contribution in [1.29, 1.82) is 0 Å². The Morgan fingerprint density at radius 3 is 2.49 bits per heavy atom. The highest BCUT2D eigenvalue weighted by Gasteiger charge is 2.39. The molecule has 0 spiro atoms. The second kappa shape index (κ2) is 11.6. The monoisotopic (exact) mass is 510 g/mol. The first-order valence-electron chi connectivity index (χ1n) is 13.2. The number of nitrogens with zero attached hydrogens (tertiary/aromatic N) is 2. The lowest BCUT2D eigenvalue weighted by Gasteiger charge is -2.39. The van der Waals surface area contributed by atoms with Gasteiger partial charge in [-0.25, -0.2) is 4.68 Å². The molecular weight excluding hydrogens is 472 g/mol. The van der Waals surface area contributed by atoms with E-state index in [1.165, 1.54) is 6.92 Å². The van der Waals surface area contributed by atoms with E-state index in [4.69, 9.17) is 9.84 Å². The summed E-state index contributed by atoms with van der Waals surface area (Å²) >= 11 is 0. The van der Waals surface area contributed by atoms with Crippen molar-refractivity contribution in [3.63, 3.8) is 0 Å². The lowest BCUT2D eigenvalue weighted by molar-refractivity contribution is -0.121. The zero-order valence-corrected chi connectivity index (χ0v) is 22.0. The average molecular weight is 511 g/mol. The van der Waals surface area contributed by atoms with Crippen LogP contribution in [0.3, 0.4) is 0 Å². The molecule has 1 fully saturated rings. The van der Waals surface area contributed by atoms with Crippen molar-refractivity contribution in [3.05, 3.63) is 58.9 Å². The molecule has 1 heterocycles. The van der Waals surface area contributed by atoms with Crippen LogP contribution in [0.1, 0.15) is 80.5 Å².